The minimum Gasteiger partial charge on any atom is -0.493 e. The van der Waals surface area contributed by atoms with E-state index in [4.69, 9.17) is 14.5 Å². The molecule has 7 heteroatoms. The summed E-state index contributed by atoms with van der Waals surface area (Å²) in [5.41, 5.74) is 2.38. The maximum absolute atomic E-state index is 12.6. The summed E-state index contributed by atoms with van der Waals surface area (Å²) in [5, 5.41) is 0.815. The molecule has 1 unspecified atom stereocenters. The van der Waals surface area contributed by atoms with Crippen molar-refractivity contribution in [2.24, 2.45) is 0 Å². The molecule has 0 saturated carbocycles. The van der Waals surface area contributed by atoms with Gasteiger partial charge in [-0.1, -0.05) is 0 Å². The molecule has 148 valence electrons. The molecule has 3 aromatic rings. The van der Waals surface area contributed by atoms with Gasteiger partial charge >= 0.3 is 0 Å². The van der Waals surface area contributed by atoms with Crippen LogP contribution in [0.2, 0.25) is 0 Å². The molecule has 1 aliphatic rings. The Labute approximate surface area is 168 Å². The largest absolute Gasteiger partial charge is 0.493 e. The number of fused-ring (bicyclic) bond motifs is 3. The number of nitrogens with one attached hydrogen (secondary N) is 2. The normalized spacial score (nSPS) is 14.2. The van der Waals surface area contributed by atoms with Crippen molar-refractivity contribution in [3.63, 3.8) is 0 Å². The smallest absolute Gasteiger partial charge is 0.260 e. The number of H-pyrrole nitrogens is 1. The first-order chi connectivity index (χ1) is 13.6. The highest BCUT2D eigenvalue weighted by atomic mass is 32.1. The van der Waals surface area contributed by atoms with Gasteiger partial charge in [-0.05, 0) is 49.9 Å². The number of hydrogen-bond acceptors (Lipinski definition) is 5. The fourth-order valence-corrected chi connectivity index (χ4v) is 5.21. The van der Waals surface area contributed by atoms with E-state index in [0.717, 1.165) is 58.9 Å². The lowest BCUT2D eigenvalue weighted by atomic mass is 10.2. The van der Waals surface area contributed by atoms with Gasteiger partial charge in [-0.2, -0.15) is 0 Å². The second-order valence-corrected chi connectivity index (χ2v) is 8.36. The van der Waals surface area contributed by atoms with Crippen LogP contribution in [-0.2, 0) is 25.9 Å². The van der Waals surface area contributed by atoms with Crippen molar-refractivity contribution in [1.29, 1.82) is 0 Å². The summed E-state index contributed by atoms with van der Waals surface area (Å²) in [7, 11) is 3.75. The first-order valence-corrected chi connectivity index (χ1v) is 10.5. The third kappa shape index (κ3) is 3.64. The van der Waals surface area contributed by atoms with Crippen LogP contribution in [0.25, 0.3) is 10.2 Å². The highest BCUT2D eigenvalue weighted by Crippen LogP contribution is 2.34. The Morgan fingerprint density at radius 3 is 2.89 bits per heavy atom. The third-order valence-corrected chi connectivity index (χ3v) is 6.31. The van der Waals surface area contributed by atoms with Crippen LogP contribution < -0.4 is 19.9 Å². The molecule has 0 saturated heterocycles. The van der Waals surface area contributed by atoms with E-state index >= 15 is 0 Å². The maximum atomic E-state index is 12.6. The monoisotopic (exact) mass is 400 g/mol. The lowest BCUT2D eigenvalue weighted by Crippen LogP contribution is -3.06. The fraction of sp³-hybridized carbons (Fsp3) is 0.429. The number of benzene rings is 1. The molecule has 1 aliphatic carbocycles. The minimum atomic E-state index is 0.00920. The van der Waals surface area contributed by atoms with Gasteiger partial charge in [0.15, 0.2) is 17.3 Å². The number of methoxy groups -OCH3 is 1. The van der Waals surface area contributed by atoms with Crippen molar-refractivity contribution in [3.05, 3.63) is 50.4 Å². The number of nitrogens with zero attached hydrogens (tertiary/aromatic N) is 1. The van der Waals surface area contributed by atoms with Crippen molar-refractivity contribution in [2.75, 3.05) is 20.8 Å². The number of quaternary nitrogens is 1. The van der Waals surface area contributed by atoms with E-state index in [1.807, 2.05) is 19.1 Å². The van der Waals surface area contributed by atoms with Crippen molar-refractivity contribution < 1.29 is 14.4 Å². The van der Waals surface area contributed by atoms with E-state index in [0.29, 0.717) is 13.2 Å². The van der Waals surface area contributed by atoms with E-state index in [2.05, 4.69) is 18.1 Å². The Hall–Kier alpha value is -2.38. The van der Waals surface area contributed by atoms with Gasteiger partial charge in [0.25, 0.3) is 5.56 Å². The zero-order valence-corrected chi connectivity index (χ0v) is 17.4. The SMILES string of the molecule is CCOc1ccc(C[NH+](C)Cc2nc3sc4c(c3c(=O)[nH]2)CCC4)cc1OC. The van der Waals surface area contributed by atoms with Gasteiger partial charge in [0.2, 0.25) is 0 Å². The average molecular weight is 401 g/mol. The first-order valence-electron chi connectivity index (χ1n) is 9.73. The van der Waals surface area contributed by atoms with E-state index < -0.39 is 0 Å². The first kappa shape index (κ1) is 19.0. The van der Waals surface area contributed by atoms with Crippen LogP contribution in [0.1, 0.15) is 35.2 Å². The van der Waals surface area contributed by atoms with Gasteiger partial charge in [-0.25, -0.2) is 4.98 Å². The van der Waals surface area contributed by atoms with Crippen LogP contribution in [0.5, 0.6) is 11.5 Å². The lowest BCUT2D eigenvalue weighted by molar-refractivity contribution is -0.908. The Bertz CT molecular complexity index is 1060. The van der Waals surface area contributed by atoms with Crippen LogP contribution in [0.15, 0.2) is 23.0 Å². The Balaban J connectivity index is 1.51. The second kappa shape index (κ2) is 7.93. The van der Waals surface area contributed by atoms with Crippen molar-refractivity contribution in [1.82, 2.24) is 9.97 Å². The molecule has 4 rings (SSSR count). The highest BCUT2D eigenvalue weighted by molar-refractivity contribution is 7.18. The van der Waals surface area contributed by atoms with E-state index in [9.17, 15) is 4.79 Å². The van der Waals surface area contributed by atoms with Gasteiger partial charge in [0.05, 0.1) is 26.2 Å². The van der Waals surface area contributed by atoms with E-state index in [-0.39, 0.29) is 5.56 Å². The zero-order valence-electron chi connectivity index (χ0n) is 16.6. The third-order valence-electron chi connectivity index (χ3n) is 5.13. The van der Waals surface area contributed by atoms with Gasteiger partial charge in [0, 0.05) is 10.4 Å². The molecule has 2 heterocycles. The summed E-state index contributed by atoms with van der Waals surface area (Å²) in [6.07, 6.45) is 3.23. The Morgan fingerprint density at radius 2 is 2.11 bits per heavy atom. The van der Waals surface area contributed by atoms with Gasteiger partial charge < -0.3 is 19.4 Å². The zero-order chi connectivity index (χ0) is 19.7. The van der Waals surface area contributed by atoms with Crippen LogP contribution in [0, 0.1) is 0 Å². The van der Waals surface area contributed by atoms with Crippen LogP contribution >= 0.6 is 11.3 Å². The van der Waals surface area contributed by atoms with Crippen molar-refractivity contribution >= 4 is 21.6 Å². The summed E-state index contributed by atoms with van der Waals surface area (Å²) in [6, 6.07) is 6.02. The molecule has 28 heavy (non-hydrogen) atoms. The quantitative estimate of drug-likeness (QED) is 0.637. The van der Waals surface area contributed by atoms with Crippen molar-refractivity contribution in [2.45, 2.75) is 39.3 Å². The molecule has 6 nitrogen and oxygen atoms in total. The summed E-state index contributed by atoms with van der Waals surface area (Å²) >= 11 is 1.69. The standard InChI is InChI=1S/C21H25N3O3S/c1-4-27-15-9-8-13(10-16(15)26-3)11-24(2)12-18-22-20(25)19-14-6-5-7-17(14)28-21(19)23-18/h8-10H,4-7,11-12H2,1-3H3,(H,22,23,25)/p+1. The van der Waals surface area contributed by atoms with Crippen LogP contribution in [-0.4, -0.2) is 30.7 Å². The average Bonchev–Trinajstić information content (AvgIpc) is 3.23. The lowest BCUT2D eigenvalue weighted by Gasteiger charge is -2.15. The van der Waals surface area contributed by atoms with Gasteiger partial charge in [-0.3, -0.25) is 4.79 Å². The van der Waals surface area contributed by atoms with Crippen LogP contribution in [0.3, 0.4) is 0 Å². The van der Waals surface area contributed by atoms with Crippen LogP contribution in [0.4, 0.5) is 0 Å². The fourth-order valence-electron chi connectivity index (χ4n) is 3.92. The van der Waals surface area contributed by atoms with Gasteiger partial charge in [-0.15, -0.1) is 11.3 Å². The molecule has 0 bridgehead atoms. The van der Waals surface area contributed by atoms with Crippen molar-refractivity contribution in [3.8, 4) is 11.5 Å². The molecule has 1 aromatic carbocycles. The molecule has 0 fully saturated rings. The highest BCUT2D eigenvalue weighted by Gasteiger charge is 2.21. The minimum absolute atomic E-state index is 0.00920. The maximum Gasteiger partial charge on any atom is 0.260 e. The molecule has 0 spiro atoms. The van der Waals surface area contributed by atoms with Gasteiger partial charge in [0.1, 0.15) is 17.9 Å². The summed E-state index contributed by atoms with van der Waals surface area (Å²) < 4.78 is 11.0. The topological polar surface area (TPSA) is 68.7 Å². The number of aromatic amines is 1. The Kier molecular flexibility index (Phi) is 5.37. The number of hydrogen-bond donors (Lipinski definition) is 2. The van der Waals surface area contributed by atoms with E-state index in [1.165, 1.54) is 15.3 Å². The molecular weight excluding hydrogens is 374 g/mol. The second-order valence-electron chi connectivity index (χ2n) is 7.28. The number of rotatable bonds is 7. The molecular formula is C21H26N3O3S+. The summed E-state index contributed by atoms with van der Waals surface area (Å²) in [4.78, 5) is 23.8. The molecule has 1 atom stereocenters. The predicted octanol–water partition coefficient (Wildman–Crippen LogP) is 2.10. The number of thiophene rings is 1. The number of aromatic nitrogens is 2. The number of ether oxygens (including phenoxy) is 2. The molecule has 2 aromatic heterocycles. The van der Waals surface area contributed by atoms with E-state index in [1.54, 1.807) is 18.4 Å². The molecule has 0 radical (unpaired) electrons. The summed E-state index contributed by atoms with van der Waals surface area (Å²) in [5.74, 6) is 2.25. The predicted molar refractivity (Wildman–Crippen MR) is 111 cm³/mol. The number of aryl methyl sites for hydroxylation is 2. The molecule has 0 amide bonds. The Morgan fingerprint density at radius 1 is 1.25 bits per heavy atom. The summed E-state index contributed by atoms with van der Waals surface area (Å²) in [6.45, 7) is 4.02. The molecule has 0 aliphatic heterocycles. The molecule has 2 N–H and O–H groups in total.